The summed E-state index contributed by atoms with van der Waals surface area (Å²) in [6, 6.07) is 13.8. The molecule has 1 aromatic heterocycles. The summed E-state index contributed by atoms with van der Waals surface area (Å²) in [6.45, 7) is 4.73. The average molecular weight is 390 g/mol. The Kier molecular flexibility index (Phi) is 5.34. The molecule has 0 spiro atoms. The number of carbonyl (C=O) groups is 2. The van der Waals surface area contributed by atoms with Crippen LogP contribution in [0.4, 0.5) is 5.69 Å². The minimum absolute atomic E-state index is 0.0941. The number of rotatable bonds is 7. The molecule has 0 radical (unpaired) electrons. The monoisotopic (exact) mass is 390 g/mol. The average Bonchev–Trinajstić information content (AvgIpc) is 3.49. The second-order valence-corrected chi connectivity index (χ2v) is 7.78. The molecule has 1 aliphatic rings. The topological polar surface area (TPSA) is 76.0 Å². The van der Waals surface area contributed by atoms with Crippen LogP contribution in [0.25, 0.3) is 11.0 Å². The fourth-order valence-corrected chi connectivity index (χ4v) is 3.57. The van der Waals surface area contributed by atoms with Crippen molar-refractivity contribution in [3.05, 3.63) is 59.4 Å². The molecule has 6 heteroatoms. The molecule has 4 rings (SSSR count). The van der Waals surface area contributed by atoms with E-state index in [2.05, 4.69) is 16.7 Å². The number of benzene rings is 2. The highest BCUT2D eigenvalue weighted by Crippen LogP contribution is 2.28. The number of hydrogen-bond donors (Lipinski definition) is 2. The lowest BCUT2D eigenvalue weighted by molar-refractivity contribution is -0.122. The summed E-state index contributed by atoms with van der Waals surface area (Å²) in [4.78, 5) is 29.3. The van der Waals surface area contributed by atoms with E-state index in [0.29, 0.717) is 13.0 Å². The molecule has 3 aromatic rings. The SMILES string of the molecule is Cc1ccc(NC(=O)Cn2c(CCNC(=O)C3CC3)nc3ccccc32)c(C)c1. The van der Waals surface area contributed by atoms with Crippen molar-refractivity contribution in [2.75, 3.05) is 11.9 Å². The normalized spacial score (nSPS) is 13.4. The van der Waals surface area contributed by atoms with Gasteiger partial charge >= 0.3 is 0 Å². The summed E-state index contributed by atoms with van der Waals surface area (Å²) in [5, 5.41) is 5.99. The second kappa shape index (κ2) is 8.07. The lowest BCUT2D eigenvalue weighted by atomic mass is 10.1. The number of aromatic nitrogens is 2. The maximum Gasteiger partial charge on any atom is 0.244 e. The van der Waals surface area contributed by atoms with Gasteiger partial charge in [-0.2, -0.15) is 0 Å². The molecule has 1 heterocycles. The van der Waals surface area contributed by atoms with E-state index in [1.54, 1.807) is 0 Å². The number of carbonyl (C=O) groups excluding carboxylic acids is 2. The zero-order chi connectivity index (χ0) is 20.4. The van der Waals surface area contributed by atoms with Gasteiger partial charge in [-0.1, -0.05) is 29.8 Å². The first-order valence-corrected chi connectivity index (χ1v) is 10.1. The number of para-hydroxylation sites is 2. The van der Waals surface area contributed by atoms with Crippen LogP contribution in [0, 0.1) is 19.8 Å². The lowest BCUT2D eigenvalue weighted by Crippen LogP contribution is -2.28. The maximum atomic E-state index is 12.8. The number of anilines is 1. The number of fused-ring (bicyclic) bond motifs is 1. The molecule has 2 N–H and O–H groups in total. The van der Waals surface area contributed by atoms with Crippen molar-refractivity contribution >= 4 is 28.5 Å². The van der Waals surface area contributed by atoms with Gasteiger partial charge in [0.1, 0.15) is 12.4 Å². The third-order valence-electron chi connectivity index (χ3n) is 5.29. The maximum absolute atomic E-state index is 12.8. The third kappa shape index (κ3) is 4.47. The van der Waals surface area contributed by atoms with Gasteiger partial charge in [-0.3, -0.25) is 9.59 Å². The Bertz CT molecular complexity index is 1070. The first-order valence-electron chi connectivity index (χ1n) is 10.1. The number of imidazole rings is 1. The quantitative estimate of drug-likeness (QED) is 0.649. The van der Waals surface area contributed by atoms with E-state index in [9.17, 15) is 9.59 Å². The zero-order valence-corrected chi connectivity index (χ0v) is 16.9. The van der Waals surface area contributed by atoms with Crippen molar-refractivity contribution in [2.24, 2.45) is 5.92 Å². The highest BCUT2D eigenvalue weighted by molar-refractivity contribution is 5.92. The molecule has 0 aliphatic heterocycles. The predicted molar refractivity (Wildman–Crippen MR) is 114 cm³/mol. The molecule has 0 saturated heterocycles. The smallest absolute Gasteiger partial charge is 0.244 e. The van der Waals surface area contributed by atoms with Crippen LogP contribution in [-0.4, -0.2) is 27.9 Å². The molecule has 2 amide bonds. The Labute approximate surface area is 170 Å². The Morgan fingerprint density at radius 3 is 2.69 bits per heavy atom. The van der Waals surface area contributed by atoms with Gasteiger partial charge in [0.2, 0.25) is 11.8 Å². The number of nitrogens with zero attached hydrogens (tertiary/aromatic N) is 2. The van der Waals surface area contributed by atoms with E-state index in [1.807, 2.05) is 54.8 Å². The largest absolute Gasteiger partial charge is 0.355 e. The molecule has 29 heavy (non-hydrogen) atoms. The van der Waals surface area contributed by atoms with Crippen molar-refractivity contribution < 1.29 is 9.59 Å². The van der Waals surface area contributed by atoms with E-state index >= 15 is 0 Å². The van der Waals surface area contributed by atoms with Crippen LogP contribution in [-0.2, 0) is 22.6 Å². The van der Waals surface area contributed by atoms with E-state index in [4.69, 9.17) is 4.98 Å². The molecule has 0 unspecified atom stereocenters. The Hall–Kier alpha value is -3.15. The minimum Gasteiger partial charge on any atom is -0.355 e. The molecular weight excluding hydrogens is 364 g/mol. The summed E-state index contributed by atoms with van der Waals surface area (Å²) < 4.78 is 1.94. The van der Waals surface area contributed by atoms with Gasteiger partial charge in [0.25, 0.3) is 0 Å². The van der Waals surface area contributed by atoms with E-state index in [-0.39, 0.29) is 24.3 Å². The molecule has 150 valence electrons. The summed E-state index contributed by atoms with van der Waals surface area (Å²) in [7, 11) is 0. The summed E-state index contributed by atoms with van der Waals surface area (Å²) in [5.74, 6) is 1.03. The van der Waals surface area contributed by atoms with Crippen molar-refractivity contribution in [3.63, 3.8) is 0 Å². The van der Waals surface area contributed by atoms with Gasteiger partial charge < -0.3 is 15.2 Å². The van der Waals surface area contributed by atoms with Crippen LogP contribution < -0.4 is 10.6 Å². The van der Waals surface area contributed by atoms with Gasteiger partial charge in [0.15, 0.2) is 0 Å². The molecule has 2 aromatic carbocycles. The number of nitrogens with one attached hydrogen (secondary N) is 2. The van der Waals surface area contributed by atoms with E-state index < -0.39 is 0 Å². The predicted octanol–water partition coefficient (Wildman–Crippen LogP) is 3.36. The number of amides is 2. The van der Waals surface area contributed by atoms with E-state index in [1.165, 1.54) is 0 Å². The highest BCUT2D eigenvalue weighted by atomic mass is 16.2. The van der Waals surface area contributed by atoms with Gasteiger partial charge in [-0.25, -0.2) is 4.98 Å². The summed E-state index contributed by atoms with van der Waals surface area (Å²) in [6.07, 6.45) is 2.57. The third-order valence-corrected chi connectivity index (χ3v) is 5.29. The second-order valence-electron chi connectivity index (χ2n) is 7.78. The van der Waals surface area contributed by atoms with Crippen molar-refractivity contribution in [1.82, 2.24) is 14.9 Å². The molecule has 0 atom stereocenters. The van der Waals surface area contributed by atoms with Gasteiger partial charge in [-0.05, 0) is 50.5 Å². The molecule has 1 fully saturated rings. The van der Waals surface area contributed by atoms with Crippen molar-refractivity contribution in [1.29, 1.82) is 0 Å². The van der Waals surface area contributed by atoms with Crippen LogP contribution >= 0.6 is 0 Å². The van der Waals surface area contributed by atoms with Crippen LogP contribution in [0.1, 0.15) is 29.8 Å². The highest BCUT2D eigenvalue weighted by Gasteiger charge is 2.29. The standard InChI is InChI=1S/C23H26N4O2/c1-15-7-10-18(16(2)13-15)26-22(28)14-27-20-6-4-3-5-19(20)25-21(27)11-12-24-23(29)17-8-9-17/h3-7,10,13,17H,8-9,11-12,14H2,1-2H3,(H,24,29)(H,26,28). The van der Waals surface area contributed by atoms with E-state index in [0.717, 1.165) is 46.5 Å². The fourth-order valence-electron chi connectivity index (χ4n) is 3.57. The molecule has 1 aliphatic carbocycles. The Morgan fingerprint density at radius 2 is 1.93 bits per heavy atom. The molecule has 6 nitrogen and oxygen atoms in total. The van der Waals surface area contributed by atoms with Crippen molar-refractivity contribution in [2.45, 2.75) is 39.7 Å². The molecule has 1 saturated carbocycles. The van der Waals surface area contributed by atoms with Gasteiger partial charge in [0.05, 0.1) is 11.0 Å². The van der Waals surface area contributed by atoms with Crippen LogP contribution in [0.3, 0.4) is 0 Å². The molecule has 0 bridgehead atoms. The summed E-state index contributed by atoms with van der Waals surface area (Å²) >= 11 is 0. The Morgan fingerprint density at radius 1 is 1.14 bits per heavy atom. The Balaban J connectivity index is 1.49. The zero-order valence-electron chi connectivity index (χ0n) is 16.9. The summed E-state index contributed by atoms with van der Waals surface area (Å²) in [5.41, 5.74) is 4.80. The van der Waals surface area contributed by atoms with Gasteiger partial charge in [-0.15, -0.1) is 0 Å². The lowest BCUT2D eigenvalue weighted by Gasteiger charge is -2.12. The van der Waals surface area contributed by atoms with Crippen molar-refractivity contribution in [3.8, 4) is 0 Å². The minimum atomic E-state index is -0.0941. The number of hydrogen-bond acceptors (Lipinski definition) is 3. The number of aryl methyl sites for hydroxylation is 2. The van der Waals surface area contributed by atoms with Crippen LogP contribution in [0.5, 0.6) is 0 Å². The molecular formula is C23H26N4O2. The van der Waals surface area contributed by atoms with Crippen LogP contribution in [0.15, 0.2) is 42.5 Å². The first-order chi connectivity index (χ1) is 14.0. The van der Waals surface area contributed by atoms with Gasteiger partial charge in [0, 0.05) is 24.6 Å². The fraction of sp³-hybridized carbons (Fsp3) is 0.348. The first kappa shape index (κ1) is 19.2. The van der Waals surface area contributed by atoms with Crippen LogP contribution in [0.2, 0.25) is 0 Å².